The van der Waals surface area contributed by atoms with Gasteiger partial charge >= 0.3 is 5.97 Å². The summed E-state index contributed by atoms with van der Waals surface area (Å²) in [4.78, 5) is 26.8. The van der Waals surface area contributed by atoms with Crippen LogP contribution in [0.15, 0.2) is 53.4 Å². The van der Waals surface area contributed by atoms with Gasteiger partial charge in [0.2, 0.25) is 5.91 Å². The number of aryl methyl sites for hydroxylation is 1. The molecule has 1 N–H and O–H groups in total. The molecule has 0 radical (unpaired) electrons. The van der Waals surface area contributed by atoms with Crippen molar-refractivity contribution in [1.82, 2.24) is 0 Å². The number of nitrogens with zero attached hydrogens (tertiary/aromatic N) is 1. The van der Waals surface area contributed by atoms with Crippen LogP contribution in [0.1, 0.15) is 50.2 Å². The highest BCUT2D eigenvalue weighted by molar-refractivity contribution is 8.01. The maximum atomic E-state index is 12.9. The Morgan fingerprint density at radius 1 is 1.04 bits per heavy atom. The summed E-state index contributed by atoms with van der Waals surface area (Å²) in [5.41, 5.74) is 3.24. The van der Waals surface area contributed by atoms with Crippen molar-refractivity contribution in [3.05, 3.63) is 59.7 Å². The van der Waals surface area contributed by atoms with Crippen molar-refractivity contribution in [2.24, 2.45) is 0 Å². The number of hydrogen-bond acceptors (Lipinski definition) is 3. The van der Waals surface area contributed by atoms with Gasteiger partial charge < -0.3 is 10.0 Å². The van der Waals surface area contributed by atoms with E-state index in [-0.39, 0.29) is 12.3 Å². The minimum absolute atomic E-state index is 0.130. The molecule has 0 saturated heterocycles. The second-order valence-electron chi connectivity index (χ2n) is 7.22. The third-order valence-corrected chi connectivity index (χ3v) is 6.26. The zero-order valence-corrected chi connectivity index (χ0v) is 17.1. The number of fused-ring (bicyclic) bond motifs is 1. The molecule has 1 heterocycles. The van der Waals surface area contributed by atoms with Crippen LogP contribution >= 0.6 is 11.8 Å². The number of thioether (sulfide) groups is 1. The van der Waals surface area contributed by atoms with Gasteiger partial charge in [0.25, 0.3) is 0 Å². The van der Waals surface area contributed by atoms with Crippen molar-refractivity contribution in [3.8, 4) is 0 Å². The maximum absolute atomic E-state index is 12.9. The number of carboxylic acids is 1. The number of hydrogen-bond donors (Lipinski definition) is 1. The van der Waals surface area contributed by atoms with E-state index in [1.807, 2.05) is 24.3 Å². The summed E-state index contributed by atoms with van der Waals surface area (Å²) in [6.07, 6.45) is 5.92. The number of carboxylic acid groups (broad SMARTS) is 1. The molecule has 0 aliphatic carbocycles. The molecule has 1 aliphatic heterocycles. The molecule has 1 aliphatic rings. The number of anilines is 1. The van der Waals surface area contributed by atoms with E-state index >= 15 is 0 Å². The molecule has 0 aromatic heterocycles. The highest BCUT2D eigenvalue weighted by atomic mass is 32.2. The Bertz CT molecular complexity index is 819. The molecule has 1 amide bonds. The van der Waals surface area contributed by atoms with Crippen LogP contribution in [0.2, 0.25) is 0 Å². The van der Waals surface area contributed by atoms with Gasteiger partial charge in [0, 0.05) is 4.90 Å². The predicted molar refractivity (Wildman–Crippen MR) is 114 cm³/mol. The SMILES string of the molecule is CCCCCCc1ccc(CN2C(=O)C(CC(=O)O)Sc3ccccc32)cc1. The van der Waals surface area contributed by atoms with Gasteiger partial charge in [0.1, 0.15) is 0 Å². The summed E-state index contributed by atoms with van der Waals surface area (Å²) in [7, 11) is 0. The average molecular weight is 398 g/mol. The van der Waals surface area contributed by atoms with Gasteiger partial charge in [-0.2, -0.15) is 0 Å². The Hall–Kier alpha value is -2.27. The third kappa shape index (κ3) is 5.16. The Labute approximate surface area is 170 Å². The smallest absolute Gasteiger partial charge is 0.305 e. The number of amides is 1. The number of rotatable bonds is 9. The fourth-order valence-electron chi connectivity index (χ4n) is 3.48. The summed E-state index contributed by atoms with van der Waals surface area (Å²) in [6.45, 7) is 2.68. The molecule has 2 aromatic rings. The second-order valence-corrected chi connectivity index (χ2v) is 8.47. The van der Waals surface area contributed by atoms with Crippen molar-refractivity contribution < 1.29 is 14.7 Å². The zero-order chi connectivity index (χ0) is 19.9. The lowest BCUT2D eigenvalue weighted by atomic mass is 10.0. The van der Waals surface area contributed by atoms with Gasteiger partial charge in [-0.3, -0.25) is 9.59 Å². The van der Waals surface area contributed by atoms with Gasteiger partial charge in [-0.25, -0.2) is 0 Å². The summed E-state index contributed by atoms with van der Waals surface area (Å²) in [5.74, 6) is -1.08. The lowest BCUT2D eigenvalue weighted by Gasteiger charge is -2.33. The third-order valence-electron chi connectivity index (χ3n) is 5.01. The Morgan fingerprint density at radius 2 is 1.75 bits per heavy atom. The number of para-hydroxylation sites is 1. The molecule has 1 unspecified atom stereocenters. The van der Waals surface area contributed by atoms with E-state index in [2.05, 4.69) is 31.2 Å². The molecular weight excluding hydrogens is 370 g/mol. The van der Waals surface area contributed by atoms with Crippen LogP contribution in [0, 0.1) is 0 Å². The molecule has 5 heteroatoms. The molecule has 0 spiro atoms. The molecule has 2 aromatic carbocycles. The van der Waals surface area contributed by atoms with Crippen LogP contribution in [0.4, 0.5) is 5.69 Å². The van der Waals surface area contributed by atoms with Crippen LogP contribution in [-0.2, 0) is 22.6 Å². The Balaban J connectivity index is 1.72. The van der Waals surface area contributed by atoms with Gasteiger partial charge in [0.05, 0.1) is 23.9 Å². The van der Waals surface area contributed by atoms with Crippen LogP contribution in [0.5, 0.6) is 0 Å². The maximum Gasteiger partial charge on any atom is 0.305 e. The van der Waals surface area contributed by atoms with E-state index in [1.54, 1.807) is 4.90 Å². The summed E-state index contributed by atoms with van der Waals surface area (Å²) in [6, 6.07) is 16.2. The van der Waals surface area contributed by atoms with E-state index in [0.29, 0.717) is 6.54 Å². The lowest BCUT2D eigenvalue weighted by Crippen LogP contribution is -2.41. The van der Waals surface area contributed by atoms with Crippen molar-refractivity contribution in [1.29, 1.82) is 0 Å². The van der Waals surface area contributed by atoms with Gasteiger partial charge in [0.15, 0.2) is 0 Å². The first kappa shape index (κ1) is 20.5. The first-order valence-corrected chi connectivity index (χ1v) is 10.8. The van der Waals surface area contributed by atoms with Gasteiger partial charge in [-0.15, -0.1) is 11.8 Å². The quantitative estimate of drug-likeness (QED) is 0.584. The van der Waals surface area contributed by atoms with E-state index in [4.69, 9.17) is 5.11 Å². The molecular formula is C23H27NO3S. The van der Waals surface area contributed by atoms with E-state index in [9.17, 15) is 9.59 Å². The standard InChI is InChI=1S/C23H27NO3S/c1-2-3-4-5-8-17-11-13-18(14-12-17)16-24-19-9-6-7-10-20(19)28-21(23(24)27)15-22(25)26/h6-7,9-14,21H,2-5,8,15-16H2,1H3,(H,25,26). The number of carbonyl (C=O) groups excluding carboxylic acids is 1. The molecule has 28 heavy (non-hydrogen) atoms. The fourth-order valence-corrected chi connectivity index (χ4v) is 4.69. The van der Waals surface area contributed by atoms with Gasteiger partial charge in [-0.05, 0) is 36.1 Å². The largest absolute Gasteiger partial charge is 0.481 e. The lowest BCUT2D eigenvalue weighted by molar-refractivity contribution is -0.138. The fraction of sp³-hybridized carbons (Fsp3) is 0.391. The summed E-state index contributed by atoms with van der Waals surface area (Å²) in [5, 5.41) is 8.58. The molecule has 0 bridgehead atoms. The number of unbranched alkanes of at least 4 members (excludes halogenated alkanes) is 3. The minimum atomic E-state index is -0.947. The van der Waals surface area contributed by atoms with Gasteiger partial charge in [-0.1, -0.05) is 62.6 Å². The first-order chi connectivity index (χ1) is 13.6. The van der Waals surface area contributed by atoms with Crippen LogP contribution in [-0.4, -0.2) is 22.2 Å². The van der Waals surface area contributed by atoms with Crippen LogP contribution in [0.25, 0.3) is 0 Å². The summed E-state index contributed by atoms with van der Waals surface area (Å²) >= 11 is 1.35. The molecule has 148 valence electrons. The monoisotopic (exact) mass is 397 g/mol. The molecule has 1 atom stereocenters. The Morgan fingerprint density at radius 3 is 2.46 bits per heavy atom. The Kier molecular flexibility index (Phi) is 7.15. The minimum Gasteiger partial charge on any atom is -0.481 e. The number of benzene rings is 2. The molecule has 0 saturated carbocycles. The second kappa shape index (κ2) is 9.78. The van der Waals surface area contributed by atoms with E-state index in [0.717, 1.165) is 22.6 Å². The van der Waals surface area contributed by atoms with E-state index in [1.165, 1.54) is 43.0 Å². The van der Waals surface area contributed by atoms with Crippen molar-refractivity contribution in [2.75, 3.05) is 4.90 Å². The molecule has 4 nitrogen and oxygen atoms in total. The number of carbonyl (C=O) groups is 2. The average Bonchev–Trinajstić information content (AvgIpc) is 2.69. The number of aliphatic carboxylic acids is 1. The summed E-state index contributed by atoms with van der Waals surface area (Å²) < 4.78 is 0. The highest BCUT2D eigenvalue weighted by Crippen LogP contribution is 2.40. The van der Waals surface area contributed by atoms with Crippen molar-refractivity contribution >= 4 is 29.3 Å². The highest BCUT2D eigenvalue weighted by Gasteiger charge is 2.34. The topological polar surface area (TPSA) is 57.6 Å². The van der Waals surface area contributed by atoms with Crippen molar-refractivity contribution in [3.63, 3.8) is 0 Å². The molecule has 3 rings (SSSR count). The van der Waals surface area contributed by atoms with E-state index < -0.39 is 11.2 Å². The molecule has 0 fully saturated rings. The van der Waals surface area contributed by atoms with Crippen LogP contribution < -0.4 is 4.90 Å². The zero-order valence-electron chi connectivity index (χ0n) is 16.3. The normalized spacial score (nSPS) is 16.1. The first-order valence-electron chi connectivity index (χ1n) is 9.95. The van der Waals surface area contributed by atoms with Crippen molar-refractivity contribution in [2.45, 2.75) is 62.1 Å². The van der Waals surface area contributed by atoms with Crippen LogP contribution in [0.3, 0.4) is 0 Å². The predicted octanol–water partition coefficient (Wildman–Crippen LogP) is 5.29.